The molecule has 0 unspecified atom stereocenters. The molecule has 0 aliphatic heterocycles. The maximum atomic E-state index is 12.1. The fraction of sp³-hybridized carbons (Fsp3) is 0.312. The summed E-state index contributed by atoms with van der Waals surface area (Å²) in [6.07, 6.45) is 0.635. The van der Waals surface area contributed by atoms with Gasteiger partial charge in [-0.05, 0) is 35.6 Å². The van der Waals surface area contributed by atoms with Gasteiger partial charge >= 0.3 is 0 Å². The highest BCUT2D eigenvalue weighted by Gasteiger charge is 2.14. The van der Waals surface area contributed by atoms with Crippen LogP contribution in [0, 0.1) is 0 Å². The van der Waals surface area contributed by atoms with Crippen molar-refractivity contribution in [2.75, 3.05) is 6.54 Å². The first kappa shape index (κ1) is 16.2. The second kappa shape index (κ2) is 6.43. The normalized spacial score (nSPS) is 12.3. The molecule has 1 aromatic carbocycles. The van der Waals surface area contributed by atoms with Crippen molar-refractivity contribution in [1.29, 1.82) is 0 Å². The average Bonchev–Trinajstić information content (AvgIpc) is 3.16. The Bertz CT molecular complexity index is 897. The van der Waals surface area contributed by atoms with Gasteiger partial charge in [-0.2, -0.15) is 0 Å². The summed E-state index contributed by atoms with van der Waals surface area (Å²) in [6, 6.07) is 9.34. The van der Waals surface area contributed by atoms with E-state index >= 15 is 0 Å². The number of hydrogen-bond donors (Lipinski definition) is 2. The highest BCUT2D eigenvalue weighted by atomic mass is 32.2. The van der Waals surface area contributed by atoms with Crippen molar-refractivity contribution >= 4 is 32.4 Å². The van der Waals surface area contributed by atoms with Crippen LogP contribution in [-0.2, 0) is 16.4 Å². The van der Waals surface area contributed by atoms with E-state index in [1.807, 2.05) is 18.2 Å². The third-order valence-corrected chi connectivity index (χ3v) is 6.44. The zero-order valence-electron chi connectivity index (χ0n) is 13.0. The number of benzene rings is 1. The lowest BCUT2D eigenvalue weighted by molar-refractivity contribution is 0.584. The number of thiophene rings is 1. The summed E-state index contributed by atoms with van der Waals surface area (Å²) in [7, 11) is -3.39. The Morgan fingerprint density at radius 1 is 1.30 bits per heavy atom. The van der Waals surface area contributed by atoms with Gasteiger partial charge in [0.05, 0.1) is 11.0 Å². The zero-order chi connectivity index (χ0) is 16.4. The number of imidazole rings is 1. The van der Waals surface area contributed by atoms with E-state index < -0.39 is 10.0 Å². The van der Waals surface area contributed by atoms with E-state index in [-0.39, 0.29) is 0 Å². The molecule has 0 spiro atoms. The number of aromatic nitrogens is 2. The van der Waals surface area contributed by atoms with Crippen molar-refractivity contribution in [3.63, 3.8) is 0 Å². The molecule has 2 N–H and O–H groups in total. The summed E-state index contributed by atoms with van der Waals surface area (Å²) in [6.45, 7) is 4.56. The minimum absolute atomic E-state index is 0.350. The van der Waals surface area contributed by atoms with Crippen LogP contribution in [0.5, 0.6) is 0 Å². The van der Waals surface area contributed by atoms with E-state index in [2.05, 4.69) is 28.5 Å². The molecule has 0 aliphatic carbocycles. The number of fused-ring (bicyclic) bond motifs is 1. The molecule has 0 amide bonds. The van der Waals surface area contributed by atoms with Gasteiger partial charge in [0.2, 0.25) is 10.0 Å². The fourth-order valence-corrected chi connectivity index (χ4v) is 4.39. The van der Waals surface area contributed by atoms with Gasteiger partial charge in [-0.15, -0.1) is 11.3 Å². The Hall–Kier alpha value is -1.70. The molecule has 5 nitrogen and oxygen atoms in total. The number of rotatable bonds is 6. The molecular formula is C16H19N3O2S2. The second-order valence-electron chi connectivity index (χ2n) is 5.71. The molecule has 0 fully saturated rings. The highest BCUT2D eigenvalue weighted by molar-refractivity contribution is 7.91. The van der Waals surface area contributed by atoms with Gasteiger partial charge in [0.25, 0.3) is 0 Å². The highest BCUT2D eigenvalue weighted by Crippen LogP contribution is 2.19. The molecule has 23 heavy (non-hydrogen) atoms. The molecule has 3 rings (SSSR count). The smallest absolute Gasteiger partial charge is 0.250 e. The maximum absolute atomic E-state index is 12.1. The molecule has 122 valence electrons. The maximum Gasteiger partial charge on any atom is 0.250 e. The first-order valence-electron chi connectivity index (χ1n) is 7.47. The van der Waals surface area contributed by atoms with Crippen LogP contribution in [0.25, 0.3) is 11.0 Å². The molecule has 0 aliphatic rings. The standard InChI is InChI=1S/C16H19N3O2S2/c1-11(2)16-18-13-6-5-12(10-14(13)19-16)7-8-17-23(20,21)15-4-3-9-22-15/h3-6,9-11,17H,7-8H2,1-2H3,(H,18,19). The molecule has 2 aromatic heterocycles. The number of sulfonamides is 1. The lowest BCUT2D eigenvalue weighted by atomic mass is 10.1. The van der Waals surface area contributed by atoms with Gasteiger partial charge in [0, 0.05) is 12.5 Å². The van der Waals surface area contributed by atoms with Crippen LogP contribution in [0.4, 0.5) is 0 Å². The van der Waals surface area contributed by atoms with E-state index in [1.165, 1.54) is 11.3 Å². The topological polar surface area (TPSA) is 74.8 Å². The first-order chi connectivity index (χ1) is 11.0. The van der Waals surface area contributed by atoms with Gasteiger partial charge in [-0.3, -0.25) is 0 Å². The number of nitrogens with zero attached hydrogens (tertiary/aromatic N) is 1. The molecule has 2 heterocycles. The minimum atomic E-state index is -3.39. The van der Waals surface area contributed by atoms with Crippen molar-refractivity contribution in [2.24, 2.45) is 0 Å². The van der Waals surface area contributed by atoms with E-state index in [0.717, 1.165) is 22.4 Å². The predicted octanol–water partition coefficient (Wildman–Crippen LogP) is 3.27. The molecule has 0 saturated carbocycles. The third kappa shape index (κ3) is 3.63. The molecule has 0 atom stereocenters. The number of H-pyrrole nitrogens is 1. The number of hydrogen-bond acceptors (Lipinski definition) is 4. The van der Waals surface area contributed by atoms with Crippen LogP contribution < -0.4 is 4.72 Å². The monoisotopic (exact) mass is 349 g/mol. The number of nitrogens with one attached hydrogen (secondary N) is 2. The van der Waals surface area contributed by atoms with Gasteiger partial charge < -0.3 is 4.98 Å². The van der Waals surface area contributed by atoms with E-state index in [4.69, 9.17) is 0 Å². The third-order valence-electron chi connectivity index (χ3n) is 3.58. The molecule has 0 radical (unpaired) electrons. The lowest BCUT2D eigenvalue weighted by Crippen LogP contribution is -2.25. The van der Waals surface area contributed by atoms with Crippen molar-refractivity contribution in [3.8, 4) is 0 Å². The van der Waals surface area contributed by atoms with Crippen LogP contribution >= 0.6 is 11.3 Å². The minimum Gasteiger partial charge on any atom is -0.342 e. The summed E-state index contributed by atoms with van der Waals surface area (Å²) >= 11 is 1.22. The van der Waals surface area contributed by atoms with Crippen molar-refractivity contribution in [1.82, 2.24) is 14.7 Å². The van der Waals surface area contributed by atoms with Gasteiger partial charge in [-0.25, -0.2) is 18.1 Å². The summed E-state index contributed by atoms with van der Waals surface area (Å²) in [5.74, 6) is 1.32. The van der Waals surface area contributed by atoms with Crippen LogP contribution in [0.3, 0.4) is 0 Å². The Morgan fingerprint density at radius 3 is 2.83 bits per heavy atom. The van der Waals surface area contributed by atoms with E-state index in [0.29, 0.717) is 23.1 Å². The van der Waals surface area contributed by atoms with Crippen LogP contribution in [0.2, 0.25) is 0 Å². The SMILES string of the molecule is CC(C)c1nc2ccc(CCNS(=O)(=O)c3cccs3)cc2[nH]1. The van der Waals surface area contributed by atoms with Gasteiger partial charge in [0.15, 0.2) is 0 Å². The molecule has 0 saturated heterocycles. The Balaban J connectivity index is 1.68. The largest absolute Gasteiger partial charge is 0.342 e. The summed E-state index contributed by atoms with van der Waals surface area (Å²) < 4.78 is 27.1. The van der Waals surface area contributed by atoms with Gasteiger partial charge in [0.1, 0.15) is 10.0 Å². The average molecular weight is 349 g/mol. The summed E-state index contributed by atoms with van der Waals surface area (Å²) in [5.41, 5.74) is 3.01. The molecule has 0 bridgehead atoms. The summed E-state index contributed by atoms with van der Waals surface area (Å²) in [5, 5.41) is 1.76. The van der Waals surface area contributed by atoms with Crippen molar-refractivity contribution in [2.45, 2.75) is 30.4 Å². The molecule has 7 heteroatoms. The quantitative estimate of drug-likeness (QED) is 0.717. The van der Waals surface area contributed by atoms with E-state index in [9.17, 15) is 8.42 Å². The van der Waals surface area contributed by atoms with Crippen LogP contribution in [0.1, 0.15) is 31.2 Å². The zero-order valence-corrected chi connectivity index (χ0v) is 14.7. The van der Waals surface area contributed by atoms with Crippen LogP contribution in [-0.4, -0.2) is 24.9 Å². The summed E-state index contributed by atoms with van der Waals surface area (Å²) in [4.78, 5) is 7.86. The molecular weight excluding hydrogens is 330 g/mol. The Labute approximate surface area is 139 Å². The molecule has 3 aromatic rings. The van der Waals surface area contributed by atoms with Crippen LogP contribution in [0.15, 0.2) is 39.9 Å². The Morgan fingerprint density at radius 2 is 2.13 bits per heavy atom. The Kier molecular flexibility index (Phi) is 4.52. The lowest BCUT2D eigenvalue weighted by Gasteiger charge is -2.05. The first-order valence-corrected chi connectivity index (χ1v) is 9.84. The predicted molar refractivity (Wildman–Crippen MR) is 93.4 cm³/mol. The fourth-order valence-electron chi connectivity index (χ4n) is 2.32. The van der Waals surface area contributed by atoms with E-state index in [1.54, 1.807) is 17.5 Å². The van der Waals surface area contributed by atoms with Crippen molar-refractivity contribution in [3.05, 3.63) is 47.1 Å². The van der Waals surface area contributed by atoms with Gasteiger partial charge in [-0.1, -0.05) is 26.0 Å². The second-order valence-corrected chi connectivity index (χ2v) is 8.65. The van der Waals surface area contributed by atoms with Crippen molar-refractivity contribution < 1.29 is 8.42 Å². The number of aromatic amines is 1.